The lowest BCUT2D eigenvalue weighted by Crippen LogP contribution is -1.98. The molecule has 0 saturated heterocycles. The Kier molecular flexibility index (Phi) is 3.68. The smallest absolute Gasteiger partial charge is 0.0351 e. The molecule has 26 heavy (non-hydrogen) atoms. The van der Waals surface area contributed by atoms with E-state index in [2.05, 4.69) is 68.6 Å². The first-order chi connectivity index (χ1) is 12.6. The van der Waals surface area contributed by atoms with Gasteiger partial charge in [0.15, 0.2) is 0 Å². The first-order valence-electron chi connectivity index (χ1n) is 9.59. The zero-order valence-electron chi connectivity index (χ0n) is 15.7. The van der Waals surface area contributed by atoms with Crippen molar-refractivity contribution >= 4 is 33.1 Å². The van der Waals surface area contributed by atoms with Gasteiger partial charge >= 0.3 is 0 Å². The molecule has 0 saturated carbocycles. The second-order valence-corrected chi connectivity index (χ2v) is 8.85. The van der Waals surface area contributed by atoms with Crippen LogP contribution in [-0.2, 0) is 6.42 Å². The quantitative estimate of drug-likeness (QED) is 0.455. The third kappa shape index (κ3) is 2.34. The van der Waals surface area contributed by atoms with E-state index in [0.717, 1.165) is 6.42 Å². The Hall–Kier alpha value is -2.12. The van der Waals surface area contributed by atoms with E-state index in [1.807, 2.05) is 11.3 Å². The van der Waals surface area contributed by atoms with Crippen LogP contribution in [0.5, 0.6) is 0 Å². The van der Waals surface area contributed by atoms with Crippen molar-refractivity contribution in [2.24, 2.45) is 0 Å². The number of thiophene rings is 1. The molecule has 1 unspecified atom stereocenters. The van der Waals surface area contributed by atoms with Gasteiger partial charge in [-0.25, -0.2) is 0 Å². The average Bonchev–Trinajstić information content (AvgIpc) is 3.30. The highest BCUT2D eigenvalue weighted by atomic mass is 32.1. The molecule has 0 N–H and O–H groups in total. The minimum absolute atomic E-state index is 0.585. The third-order valence-corrected chi connectivity index (χ3v) is 7.29. The van der Waals surface area contributed by atoms with Crippen molar-refractivity contribution in [3.63, 3.8) is 0 Å². The molecule has 0 nitrogen and oxygen atoms in total. The van der Waals surface area contributed by atoms with Gasteiger partial charge < -0.3 is 0 Å². The van der Waals surface area contributed by atoms with E-state index in [1.165, 1.54) is 50.8 Å². The molecular weight excluding hydrogens is 332 g/mol. The van der Waals surface area contributed by atoms with E-state index < -0.39 is 0 Å². The first-order valence-corrected chi connectivity index (χ1v) is 10.5. The number of aryl methyl sites for hydroxylation is 1. The van der Waals surface area contributed by atoms with Gasteiger partial charge in [0.25, 0.3) is 0 Å². The third-order valence-electron chi connectivity index (χ3n) is 6.42. The molecule has 5 rings (SSSR count). The van der Waals surface area contributed by atoms with Crippen LogP contribution in [-0.4, -0.2) is 0 Å². The van der Waals surface area contributed by atoms with Crippen molar-refractivity contribution in [2.45, 2.75) is 46.0 Å². The van der Waals surface area contributed by atoms with Gasteiger partial charge in [-0.1, -0.05) is 41.5 Å². The van der Waals surface area contributed by atoms with Crippen molar-refractivity contribution in [1.82, 2.24) is 0 Å². The standard InChI is InChI=1S/C25H24S/c1-15-12-18-6-4-5-7-22(18)19(15)8-9-20-16(2)13-23-17(3)21-10-11-26-25(21)14-24(20)23/h4-7,10-12,14,19H,8-9,13H2,1-3H3. The molecule has 1 heteroatoms. The highest BCUT2D eigenvalue weighted by molar-refractivity contribution is 7.17. The lowest BCUT2D eigenvalue weighted by molar-refractivity contribution is 0.733. The molecule has 0 spiro atoms. The van der Waals surface area contributed by atoms with Crippen LogP contribution in [0.2, 0.25) is 0 Å². The van der Waals surface area contributed by atoms with Crippen molar-refractivity contribution in [3.8, 4) is 0 Å². The van der Waals surface area contributed by atoms with E-state index in [-0.39, 0.29) is 0 Å². The number of allylic oxidation sites excluding steroid dienone is 3. The summed E-state index contributed by atoms with van der Waals surface area (Å²) < 4.78 is 1.44. The van der Waals surface area contributed by atoms with Crippen molar-refractivity contribution < 1.29 is 0 Å². The SMILES string of the molecule is CC1=Cc2ccccc2C1CCC1=C(C)Cc2c1cc1sccc1c2C. The van der Waals surface area contributed by atoms with Crippen molar-refractivity contribution in [1.29, 1.82) is 0 Å². The monoisotopic (exact) mass is 356 g/mol. The van der Waals surface area contributed by atoms with E-state index in [4.69, 9.17) is 0 Å². The molecule has 0 bridgehead atoms. The number of benzene rings is 2. The van der Waals surface area contributed by atoms with Gasteiger partial charge in [-0.3, -0.25) is 0 Å². The highest BCUT2D eigenvalue weighted by Crippen LogP contribution is 2.45. The number of fused-ring (bicyclic) bond motifs is 3. The largest absolute Gasteiger partial charge is 0.144 e. The summed E-state index contributed by atoms with van der Waals surface area (Å²) in [7, 11) is 0. The normalized spacial score (nSPS) is 18.4. The predicted octanol–water partition coefficient (Wildman–Crippen LogP) is 7.52. The van der Waals surface area contributed by atoms with E-state index in [1.54, 1.807) is 16.7 Å². The summed E-state index contributed by atoms with van der Waals surface area (Å²) in [6.07, 6.45) is 5.91. The summed E-state index contributed by atoms with van der Waals surface area (Å²) >= 11 is 1.87. The van der Waals surface area contributed by atoms with Gasteiger partial charge in [0, 0.05) is 10.6 Å². The Balaban J connectivity index is 1.47. The van der Waals surface area contributed by atoms with Crippen LogP contribution >= 0.6 is 11.3 Å². The maximum atomic E-state index is 2.46. The Labute approximate surface area is 159 Å². The number of hydrogen-bond acceptors (Lipinski definition) is 1. The fourth-order valence-electron chi connectivity index (χ4n) is 4.99. The Morgan fingerprint density at radius 1 is 1.08 bits per heavy atom. The molecule has 1 heterocycles. The van der Waals surface area contributed by atoms with E-state index >= 15 is 0 Å². The average molecular weight is 357 g/mol. The van der Waals surface area contributed by atoms with E-state index in [9.17, 15) is 0 Å². The maximum absolute atomic E-state index is 2.46. The Morgan fingerprint density at radius 3 is 2.81 bits per heavy atom. The van der Waals surface area contributed by atoms with Gasteiger partial charge in [-0.2, -0.15) is 0 Å². The number of rotatable bonds is 3. The summed E-state index contributed by atoms with van der Waals surface area (Å²) in [5, 5.41) is 3.68. The minimum Gasteiger partial charge on any atom is -0.144 e. The topological polar surface area (TPSA) is 0 Å². The van der Waals surface area contributed by atoms with Crippen LogP contribution in [0.4, 0.5) is 0 Å². The molecule has 0 amide bonds. The Bertz CT molecular complexity index is 1090. The van der Waals surface area contributed by atoms with Crippen LogP contribution in [0.3, 0.4) is 0 Å². The highest BCUT2D eigenvalue weighted by Gasteiger charge is 2.26. The second kappa shape index (κ2) is 5.96. The maximum Gasteiger partial charge on any atom is 0.0351 e. The molecule has 2 aromatic carbocycles. The minimum atomic E-state index is 0.585. The van der Waals surface area contributed by atoms with Crippen molar-refractivity contribution in [2.75, 3.05) is 0 Å². The van der Waals surface area contributed by atoms with Crippen LogP contribution in [0, 0.1) is 6.92 Å². The summed E-state index contributed by atoms with van der Waals surface area (Å²) in [4.78, 5) is 0. The molecule has 1 atom stereocenters. The molecule has 130 valence electrons. The molecule has 3 aromatic rings. The zero-order chi connectivity index (χ0) is 17.8. The second-order valence-electron chi connectivity index (χ2n) is 7.90. The predicted molar refractivity (Wildman–Crippen MR) is 115 cm³/mol. The summed E-state index contributed by atoms with van der Waals surface area (Å²) in [5.74, 6) is 0.585. The summed E-state index contributed by atoms with van der Waals surface area (Å²) in [5.41, 5.74) is 12.2. The van der Waals surface area contributed by atoms with Crippen LogP contribution in [0.15, 0.2) is 52.9 Å². The number of hydrogen-bond donors (Lipinski definition) is 0. The lowest BCUT2D eigenvalue weighted by Gasteiger charge is -2.16. The molecule has 0 aliphatic heterocycles. The van der Waals surface area contributed by atoms with E-state index in [0.29, 0.717) is 5.92 Å². The molecule has 1 aromatic heterocycles. The lowest BCUT2D eigenvalue weighted by atomic mass is 9.88. The molecule has 2 aliphatic carbocycles. The van der Waals surface area contributed by atoms with Gasteiger partial charge in [0.1, 0.15) is 0 Å². The fraction of sp³-hybridized carbons (Fsp3) is 0.280. The van der Waals surface area contributed by atoms with Crippen LogP contribution < -0.4 is 0 Å². The van der Waals surface area contributed by atoms with Crippen LogP contribution in [0.25, 0.3) is 21.7 Å². The molecule has 2 aliphatic rings. The zero-order valence-corrected chi connectivity index (χ0v) is 16.5. The Morgan fingerprint density at radius 2 is 1.92 bits per heavy atom. The molecule has 0 radical (unpaired) electrons. The summed E-state index contributed by atoms with van der Waals surface area (Å²) in [6, 6.07) is 13.7. The van der Waals surface area contributed by atoms with Gasteiger partial charge in [0.2, 0.25) is 0 Å². The molecular formula is C25H24S. The fourth-order valence-corrected chi connectivity index (χ4v) is 5.88. The van der Waals surface area contributed by atoms with Gasteiger partial charge in [-0.15, -0.1) is 11.3 Å². The van der Waals surface area contributed by atoms with Crippen LogP contribution in [0.1, 0.15) is 60.4 Å². The van der Waals surface area contributed by atoms with Gasteiger partial charge in [0.05, 0.1) is 0 Å². The molecule has 0 fully saturated rings. The van der Waals surface area contributed by atoms with Gasteiger partial charge in [-0.05, 0) is 96.3 Å². The first kappa shape index (κ1) is 16.1. The summed E-state index contributed by atoms with van der Waals surface area (Å²) in [6.45, 7) is 6.95. The van der Waals surface area contributed by atoms with Crippen molar-refractivity contribution in [3.05, 3.63) is 80.7 Å².